The number of nitrogens with zero attached hydrogens (tertiary/aromatic N) is 2. The van der Waals surface area contributed by atoms with Gasteiger partial charge in [-0.25, -0.2) is 4.39 Å². The van der Waals surface area contributed by atoms with Gasteiger partial charge in [-0.15, -0.1) is 0 Å². The maximum absolute atomic E-state index is 13.4. The molecule has 3 aromatic rings. The molecule has 0 spiro atoms. The number of ether oxygens (including phenoxy) is 1. The van der Waals surface area contributed by atoms with E-state index in [1.165, 1.54) is 23.4 Å². The maximum atomic E-state index is 13.4. The molecule has 1 unspecified atom stereocenters. The Morgan fingerprint density at radius 1 is 1.04 bits per heavy atom. The van der Waals surface area contributed by atoms with Gasteiger partial charge in [0.15, 0.2) is 0 Å². The monoisotopic (exact) mass is 378 g/mol. The van der Waals surface area contributed by atoms with Crippen LogP contribution in [0, 0.1) is 5.82 Å². The number of fused-ring (bicyclic) bond motifs is 1. The van der Waals surface area contributed by atoms with Gasteiger partial charge in [0.25, 0.3) is 0 Å². The largest absolute Gasteiger partial charge is 0.491 e. The van der Waals surface area contributed by atoms with Crippen LogP contribution in [-0.2, 0) is 13.0 Å². The highest BCUT2D eigenvalue weighted by molar-refractivity contribution is 5.64. The molecule has 0 saturated heterocycles. The lowest BCUT2D eigenvalue weighted by Crippen LogP contribution is -2.38. The Balaban J connectivity index is 1.33. The van der Waals surface area contributed by atoms with Crippen molar-refractivity contribution < 1.29 is 14.2 Å². The number of hydrogen-bond acceptors (Lipinski definition) is 4. The minimum atomic E-state index is -0.579. The van der Waals surface area contributed by atoms with E-state index in [0.717, 1.165) is 25.1 Å². The van der Waals surface area contributed by atoms with Gasteiger partial charge in [-0.3, -0.25) is 9.88 Å². The Bertz CT molecular complexity index is 947. The summed E-state index contributed by atoms with van der Waals surface area (Å²) in [4.78, 5) is 6.14. The average molecular weight is 378 g/mol. The fraction of sp³-hybridized carbons (Fsp3) is 0.261. The van der Waals surface area contributed by atoms with Crippen molar-refractivity contribution in [1.82, 2.24) is 9.88 Å². The minimum Gasteiger partial charge on any atom is -0.491 e. The van der Waals surface area contributed by atoms with Crippen LogP contribution in [0.3, 0.4) is 0 Å². The summed E-state index contributed by atoms with van der Waals surface area (Å²) in [6, 6.07) is 17.3. The topological polar surface area (TPSA) is 45.6 Å². The van der Waals surface area contributed by atoms with Crippen molar-refractivity contribution in [3.63, 3.8) is 0 Å². The van der Waals surface area contributed by atoms with E-state index in [4.69, 9.17) is 4.74 Å². The van der Waals surface area contributed by atoms with Gasteiger partial charge < -0.3 is 9.84 Å². The van der Waals surface area contributed by atoms with Crippen molar-refractivity contribution in [3.05, 3.63) is 83.9 Å². The van der Waals surface area contributed by atoms with Gasteiger partial charge in [0.2, 0.25) is 0 Å². The SMILES string of the molecule is OC(COc1cccc(-c2cncc(F)c2)c1)CN1CCc2ccccc2C1. The van der Waals surface area contributed by atoms with Crippen molar-refractivity contribution in [2.75, 3.05) is 19.7 Å². The zero-order chi connectivity index (χ0) is 19.3. The van der Waals surface area contributed by atoms with Gasteiger partial charge in [0.1, 0.15) is 24.3 Å². The fourth-order valence-corrected chi connectivity index (χ4v) is 3.59. The Labute approximate surface area is 164 Å². The van der Waals surface area contributed by atoms with Crippen LogP contribution in [0.15, 0.2) is 67.0 Å². The molecule has 1 aliphatic heterocycles. The zero-order valence-corrected chi connectivity index (χ0v) is 15.6. The molecule has 1 atom stereocenters. The second-order valence-electron chi connectivity index (χ2n) is 7.14. The molecule has 2 aromatic carbocycles. The lowest BCUT2D eigenvalue weighted by molar-refractivity contribution is 0.0638. The molecule has 2 heterocycles. The quantitative estimate of drug-likeness (QED) is 0.711. The van der Waals surface area contributed by atoms with E-state index in [0.29, 0.717) is 17.9 Å². The molecular weight excluding hydrogens is 355 g/mol. The summed E-state index contributed by atoms with van der Waals surface area (Å²) in [5.41, 5.74) is 4.25. The molecule has 5 heteroatoms. The van der Waals surface area contributed by atoms with Gasteiger partial charge in [0, 0.05) is 31.4 Å². The van der Waals surface area contributed by atoms with Crippen LogP contribution in [0.4, 0.5) is 4.39 Å². The number of pyridine rings is 1. The van der Waals surface area contributed by atoms with E-state index in [1.807, 2.05) is 24.3 Å². The lowest BCUT2D eigenvalue weighted by atomic mass is 10.00. The first-order valence-corrected chi connectivity index (χ1v) is 9.48. The highest BCUT2D eigenvalue weighted by Crippen LogP contribution is 2.24. The van der Waals surface area contributed by atoms with Crippen LogP contribution in [-0.4, -0.2) is 40.8 Å². The van der Waals surface area contributed by atoms with Crippen LogP contribution in [0.25, 0.3) is 11.1 Å². The molecule has 1 aliphatic rings. The number of halogens is 1. The van der Waals surface area contributed by atoms with Crippen LogP contribution in [0.5, 0.6) is 5.75 Å². The summed E-state index contributed by atoms with van der Waals surface area (Å²) in [5, 5.41) is 10.4. The summed E-state index contributed by atoms with van der Waals surface area (Å²) < 4.78 is 19.2. The molecule has 0 amide bonds. The number of hydrogen-bond donors (Lipinski definition) is 1. The van der Waals surface area contributed by atoms with Gasteiger partial charge in [-0.05, 0) is 41.3 Å². The second kappa shape index (κ2) is 8.50. The van der Waals surface area contributed by atoms with E-state index in [1.54, 1.807) is 6.20 Å². The van der Waals surface area contributed by atoms with Crippen molar-refractivity contribution >= 4 is 0 Å². The molecule has 4 rings (SSSR count). The van der Waals surface area contributed by atoms with Crippen LogP contribution in [0.2, 0.25) is 0 Å². The molecule has 28 heavy (non-hydrogen) atoms. The van der Waals surface area contributed by atoms with Crippen LogP contribution in [0.1, 0.15) is 11.1 Å². The lowest BCUT2D eigenvalue weighted by Gasteiger charge is -2.30. The third-order valence-electron chi connectivity index (χ3n) is 4.99. The number of aliphatic hydroxyl groups is 1. The van der Waals surface area contributed by atoms with Gasteiger partial charge in [-0.1, -0.05) is 36.4 Å². The number of rotatable bonds is 6. The van der Waals surface area contributed by atoms with Crippen molar-refractivity contribution in [1.29, 1.82) is 0 Å². The van der Waals surface area contributed by atoms with Crippen molar-refractivity contribution in [2.24, 2.45) is 0 Å². The molecule has 1 N–H and O–H groups in total. The minimum absolute atomic E-state index is 0.211. The first kappa shape index (κ1) is 18.6. The normalized spacial score (nSPS) is 15.1. The number of β-amino-alcohol motifs (C(OH)–C–C–N with tert-alkyl or cyclic N) is 1. The molecule has 0 radical (unpaired) electrons. The zero-order valence-electron chi connectivity index (χ0n) is 15.6. The summed E-state index contributed by atoms with van der Waals surface area (Å²) in [5.74, 6) is 0.271. The van der Waals surface area contributed by atoms with Gasteiger partial charge >= 0.3 is 0 Å². The first-order chi connectivity index (χ1) is 13.7. The first-order valence-electron chi connectivity index (χ1n) is 9.48. The molecular formula is C23H23FN2O2. The Hall–Kier alpha value is -2.76. The molecule has 0 bridgehead atoms. The number of aromatic nitrogens is 1. The Morgan fingerprint density at radius 2 is 1.89 bits per heavy atom. The fourth-order valence-electron chi connectivity index (χ4n) is 3.59. The Kier molecular flexibility index (Phi) is 5.65. The molecule has 0 saturated carbocycles. The summed E-state index contributed by atoms with van der Waals surface area (Å²) in [6.45, 7) is 2.58. The third kappa shape index (κ3) is 4.55. The van der Waals surface area contributed by atoms with Crippen LogP contribution >= 0.6 is 0 Å². The average Bonchev–Trinajstić information content (AvgIpc) is 2.72. The predicted molar refractivity (Wildman–Crippen MR) is 107 cm³/mol. The van der Waals surface area contributed by atoms with E-state index >= 15 is 0 Å². The van der Waals surface area contributed by atoms with E-state index in [9.17, 15) is 9.50 Å². The number of benzene rings is 2. The van der Waals surface area contributed by atoms with Crippen molar-refractivity contribution in [2.45, 2.75) is 19.1 Å². The van der Waals surface area contributed by atoms with Crippen LogP contribution < -0.4 is 4.74 Å². The Morgan fingerprint density at radius 3 is 2.75 bits per heavy atom. The molecule has 4 nitrogen and oxygen atoms in total. The highest BCUT2D eigenvalue weighted by Gasteiger charge is 2.18. The second-order valence-corrected chi connectivity index (χ2v) is 7.14. The molecule has 1 aromatic heterocycles. The standard InChI is InChI=1S/C23H23FN2O2/c24-21-10-20(12-25-13-21)18-6-3-7-23(11-18)28-16-22(27)15-26-9-8-17-4-1-2-5-19(17)14-26/h1-7,10-13,22,27H,8-9,14-16H2. The maximum Gasteiger partial charge on any atom is 0.142 e. The van der Waals surface area contributed by atoms with Gasteiger partial charge in [0.05, 0.1) is 6.20 Å². The summed E-state index contributed by atoms with van der Waals surface area (Å²) in [6.07, 6.45) is 3.22. The molecule has 0 fully saturated rings. The predicted octanol–water partition coefficient (Wildman–Crippen LogP) is 3.69. The van der Waals surface area contributed by atoms with Crippen molar-refractivity contribution in [3.8, 4) is 16.9 Å². The van der Waals surface area contributed by atoms with E-state index in [-0.39, 0.29) is 12.4 Å². The summed E-state index contributed by atoms with van der Waals surface area (Å²) >= 11 is 0. The smallest absolute Gasteiger partial charge is 0.142 e. The molecule has 0 aliphatic carbocycles. The molecule has 144 valence electrons. The van der Waals surface area contributed by atoms with Gasteiger partial charge in [-0.2, -0.15) is 0 Å². The highest BCUT2D eigenvalue weighted by atomic mass is 19.1. The summed E-state index contributed by atoms with van der Waals surface area (Å²) in [7, 11) is 0. The third-order valence-corrected chi connectivity index (χ3v) is 4.99. The van der Waals surface area contributed by atoms with E-state index < -0.39 is 6.10 Å². The van der Waals surface area contributed by atoms with E-state index in [2.05, 4.69) is 34.1 Å². The number of aliphatic hydroxyl groups excluding tert-OH is 1.